The Morgan fingerprint density at radius 1 is 1.06 bits per heavy atom. The van der Waals surface area contributed by atoms with Crippen LogP contribution in [0.25, 0.3) is 11.5 Å². The molecule has 1 aliphatic heterocycles. The van der Waals surface area contributed by atoms with Crippen LogP contribution in [0, 0.1) is 5.92 Å². The smallest absolute Gasteiger partial charge is 0.431 e. The van der Waals surface area contributed by atoms with Crippen molar-refractivity contribution in [1.82, 2.24) is 4.98 Å². The Morgan fingerprint density at radius 2 is 1.71 bits per heavy atom. The lowest BCUT2D eigenvalue weighted by Crippen LogP contribution is -2.36. The fourth-order valence-electron chi connectivity index (χ4n) is 4.06. The molecule has 0 saturated carbocycles. The first kappa shape index (κ1) is 23.5. The van der Waals surface area contributed by atoms with E-state index < -0.39 is 23.5 Å². The van der Waals surface area contributed by atoms with Gasteiger partial charge in [0.05, 0.1) is 0 Å². The van der Waals surface area contributed by atoms with Crippen LogP contribution in [-0.2, 0) is 11.0 Å². The molecule has 34 heavy (non-hydrogen) atoms. The van der Waals surface area contributed by atoms with Crippen LogP contribution >= 0.6 is 0 Å². The maximum atomic E-state index is 13.5. The van der Waals surface area contributed by atoms with Crippen molar-refractivity contribution in [2.24, 2.45) is 5.92 Å². The third kappa shape index (κ3) is 5.13. The molecule has 6 nitrogen and oxygen atoms in total. The molecule has 3 aromatic rings. The van der Waals surface area contributed by atoms with Crippen molar-refractivity contribution >= 4 is 23.1 Å². The average molecular weight is 471 g/mol. The summed E-state index contributed by atoms with van der Waals surface area (Å²) in [7, 11) is 0. The fraction of sp³-hybridized carbons (Fsp3) is 0.320. The van der Waals surface area contributed by atoms with Gasteiger partial charge in [-0.05, 0) is 49.2 Å². The molecule has 0 bridgehead atoms. The second kappa shape index (κ2) is 9.70. The molecule has 2 heterocycles. The Kier molecular flexibility index (Phi) is 6.72. The maximum absolute atomic E-state index is 13.5. The molecule has 2 aromatic carbocycles. The second-order valence-electron chi connectivity index (χ2n) is 8.14. The number of benzene rings is 2. The van der Waals surface area contributed by atoms with Crippen LogP contribution in [-0.4, -0.2) is 29.8 Å². The highest BCUT2D eigenvalue weighted by Gasteiger charge is 2.42. The minimum atomic E-state index is -4.87. The predicted octanol–water partition coefficient (Wildman–Crippen LogP) is 5.81. The summed E-state index contributed by atoms with van der Waals surface area (Å²) in [5.41, 5.74) is 0.769. The molecular formula is C25H24F3N3O3. The summed E-state index contributed by atoms with van der Waals surface area (Å²) in [4.78, 5) is 30.5. The number of amides is 1. The number of carbonyl (C=O) groups is 2. The van der Waals surface area contributed by atoms with Crippen LogP contribution in [0.5, 0.6) is 0 Å². The zero-order chi connectivity index (χ0) is 24.3. The zero-order valence-corrected chi connectivity index (χ0v) is 18.6. The quantitative estimate of drug-likeness (QED) is 0.491. The molecule has 1 amide bonds. The van der Waals surface area contributed by atoms with E-state index in [1.807, 2.05) is 6.92 Å². The number of piperidine rings is 1. The number of nitrogens with one attached hydrogen (secondary N) is 1. The molecule has 1 aliphatic rings. The monoisotopic (exact) mass is 471 g/mol. The van der Waals surface area contributed by atoms with Crippen LogP contribution in [0.2, 0.25) is 0 Å². The largest absolute Gasteiger partial charge is 0.452 e. The molecule has 0 radical (unpaired) electrons. The Labute approximate surface area is 194 Å². The second-order valence-corrected chi connectivity index (χ2v) is 8.14. The number of ketones is 1. The summed E-state index contributed by atoms with van der Waals surface area (Å²) in [6, 6.07) is 14.9. The van der Waals surface area contributed by atoms with Gasteiger partial charge < -0.3 is 14.6 Å². The highest BCUT2D eigenvalue weighted by molar-refractivity contribution is 6.04. The molecule has 1 saturated heterocycles. The van der Waals surface area contributed by atoms with E-state index in [1.165, 1.54) is 0 Å². The van der Waals surface area contributed by atoms with E-state index in [1.54, 1.807) is 54.6 Å². The number of anilines is 2. The van der Waals surface area contributed by atoms with Crippen LogP contribution in [0.15, 0.2) is 59.0 Å². The third-order valence-corrected chi connectivity index (χ3v) is 5.91. The van der Waals surface area contributed by atoms with Gasteiger partial charge in [-0.3, -0.25) is 9.59 Å². The van der Waals surface area contributed by atoms with E-state index >= 15 is 0 Å². The van der Waals surface area contributed by atoms with Crippen molar-refractivity contribution in [1.29, 1.82) is 0 Å². The highest BCUT2D eigenvalue weighted by Crippen LogP contribution is 2.35. The van der Waals surface area contributed by atoms with Crippen molar-refractivity contribution in [2.45, 2.75) is 32.4 Å². The van der Waals surface area contributed by atoms with Crippen molar-refractivity contribution in [3.05, 3.63) is 66.1 Å². The molecule has 1 fully saturated rings. The van der Waals surface area contributed by atoms with Crippen LogP contribution < -0.4 is 10.2 Å². The minimum absolute atomic E-state index is 0.103. The van der Waals surface area contributed by atoms with E-state index in [0.29, 0.717) is 23.5 Å². The lowest BCUT2D eigenvalue weighted by atomic mass is 9.91. The topological polar surface area (TPSA) is 75.4 Å². The van der Waals surface area contributed by atoms with Crippen LogP contribution in [0.3, 0.4) is 0 Å². The highest BCUT2D eigenvalue weighted by atomic mass is 19.4. The van der Waals surface area contributed by atoms with Gasteiger partial charge in [0.1, 0.15) is 5.78 Å². The van der Waals surface area contributed by atoms with E-state index in [2.05, 4.69) is 15.2 Å². The van der Waals surface area contributed by atoms with Crippen molar-refractivity contribution < 1.29 is 27.2 Å². The molecule has 9 heteroatoms. The summed E-state index contributed by atoms with van der Waals surface area (Å²) < 4.78 is 45.4. The Bertz CT molecular complexity index is 1150. The van der Waals surface area contributed by atoms with Crippen molar-refractivity contribution in [2.75, 3.05) is 23.3 Å². The van der Waals surface area contributed by atoms with Crippen molar-refractivity contribution in [3.63, 3.8) is 0 Å². The van der Waals surface area contributed by atoms with Crippen LogP contribution in [0.4, 0.5) is 24.5 Å². The average Bonchev–Trinajstić information content (AvgIpc) is 3.31. The molecule has 1 N–H and O–H groups in total. The standard InChI is InChI=1S/C25H24F3N3O3/c1-2-20(32)16-12-14-31(15-13-16)19-10-8-18(9-11-19)29-23(33)21-22(25(26,27)28)34-24(30-21)17-6-4-3-5-7-17/h3-11,16H,2,12-15H2,1H3,(H,29,33). The number of hydrogen-bond acceptors (Lipinski definition) is 5. The normalized spacial score (nSPS) is 14.8. The number of rotatable bonds is 6. The number of alkyl halides is 3. The Balaban J connectivity index is 1.47. The van der Waals surface area contributed by atoms with Gasteiger partial charge in [-0.25, -0.2) is 4.98 Å². The van der Waals surface area contributed by atoms with E-state index in [0.717, 1.165) is 31.6 Å². The summed E-state index contributed by atoms with van der Waals surface area (Å²) in [6.07, 6.45) is -2.74. The number of Topliss-reactive ketones (excluding diaryl/α,β-unsaturated/α-hetero) is 1. The lowest BCUT2D eigenvalue weighted by Gasteiger charge is -2.33. The van der Waals surface area contributed by atoms with E-state index in [4.69, 9.17) is 4.42 Å². The molecule has 0 spiro atoms. The van der Waals surface area contributed by atoms with E-state index in [-0.39, 0.29) is 11.8 Å². The van der Waals surface area contributed by atoms with Gasteiger partial charge in [-0.1, -0.05) is 25.1 Å². The van der Waals surface area contributed by atoms with Gasteiger partial charge in [0.2, 0.25) is 11.7 Å². The summed E-state index contributed by atoms with van der Waals surface area (Å²) >= 11 is 0. The van der Waals surface area contributed by atoms with Gasteiger partial charge in [-0.15, -0.1) is 0 Å². The van der Waals surface area contributed by atoms with Gasteiger partial charge >= 0.3 is 6.18 Å². The summed E-state index contributed by atoms with van der Waals surface area (Å²) in [5.74, 6) is -2.33. The zero-order valence-electron chi connectivity index (χ0n) is 18.6. The third-order valence-electron chi connectivity index (χ3n) is 5.91. The van der Waals surface area contributed by atoms with Crippen LogP contribution in [0.1, 0.15) is 42.4 Å². The minimum Gasteiger partial charge on any atom is -0.431 e. The number of oxazole rings is 1. The molecule has 0 unspecified atom stereocenters. The first-order valence-electron chi connectivity index (χ1n) is 11.1. The SMILES string of the molecule is CCC(=O)C1CCN(c2ccc(NC(=O)c3nc(-c4ccccc4)oc3C(F)(F)F)cc2)CC1. The number of nitrogens with zero attached hydrogens (tertiary/aromatic N) is 2. The van der Waals surface area contributed by atoms with Crippen molar-refractivity contribution in [3.8, 4) is 11.5 Å². The van der Waals surface area contributed by atoms with Gasteiger partial charge in [0, 0.05) is 42.4 Å². The number of halogens is 3. The van der Waals surface area contributed by atoms with Gasteiger partial charge in [0.15, 0.2) is 5.69 Å². The number of aromatic nitrogens is 1. The first-order chi connectivity index (χ1) is 16.3. The van der Waals surface area contributed by atoms with Gasteiger partial charge in [-0.2, -0.15) is 13.2 Å². The molecule has 4 rings (SSSR count). The Morgan fingerprint density at radius 3 is 2.29 bits per heavy atom. The molecule has 1 aromatic heterocycles. The number of carbonyl (C=O) groups excluding carboxylic acids is 2. The predicted molar refractivity (Wildman–Crippen MR) is 122 cm³/mol. The molecule has 178 valence electrons. The molecule has 0 aliphatic carbocycles. The lowest BCUT2D eigenvalue weighted by molar-refractivity contribution is -0.153. The summed E-state index contributed by atoms with van der Waals surface area (Å²) in [5, 5.41) is 2.47. The summed E-state index contributed by atoms with van der Waals surface area (Å²) in [6.45, 7) is 3.37. The Hall–Kier alpha value is -3.62. The van der Waals surface area contributed by atoms with Gasteiger partial charge in [0.25, 0.3) is 5.91 Å². The first-order valence-corrected chi connectivity index (χ1v) is 11.1. The van der Waals surface area contributed by atoms with E-state index in [9.17, 15) is 22.8 Å². The maximum Gasteiger partial charge on any atom is 0.452 e. The molecule has 0 atom stereocenters. The number of hydrogen-bond donors (Lipinski definition) is 1. The molecular weight excluding hydrogens is 447 g/mol. The fourth-order valence-corrected chi connectivity index (χ4v) is 4.06.